The highest BCUT2D eigenvalue weighted by Gasteiger charge is 2.54. The van der Waals surface area contributed by atoms with Gasteiger partial charge in [-0.05, 0) is 81.1 Å². The lowest BCUT2D eigenvalue weighted by Crippen LogP contribution is -2.47. The number of nitrogens with zero attached hydrogens (tertiary/aromatic N) is 3. The first-order valence-corrected chi connectivity index (χ1v) is 15.3. The van der Waals surface area contributed by atoms with Crippen molar-refractivity contribution in [3.8, 4) is 0 Å². The standard InChI is InChI=1S/C31H43N3O2/c35-30(33-26-13-5-1-9-20(26)21-10-2-6-14-27(21)33)24-17-18-32-19-25(24)31(36)34-28-15-7-3-11-22(28)23-12-4-8-16-29(23)34/h17-23,26-29H,1-16H2. The molecule has 8 atom stereocenters. The number of rotatable bonds is 2. The van der Waals surface area contributed by atoms with Gasteiger partial charge in [0.15, 0.2) is 0 Å². The van der Waals surface area contributed by atoms with Crippen molar-refractivity contribution in [2.75, 3.05) is 0 Å². The third-order valence-electron chi connectivity index (χ3n) is 11.4. The highest BCUT2D eigenvalue weighted by molar-refractivity contribution is 6.07. The minimum absolute atomic E-state index is 0.0948. The fraction of sp³-hybridized carbons (Fsp3) is 0.774. The zero-order valence-corrected chi connectivity index (χ0v) is 21.8. The maximum atomic E-state index is 14.4. The van der Waals surface area contributed by atoms with Gasteiger partial charge in [-0.2, -0.15) is 0 Å². The SMILES string of the molecule is O=C(c1ccncc1C(=O)N1C2CCCCC2C2CCCCC21)N1C2CCCCC2C2CCCCC21. The van der Waals surface area contributed by atoms with E-state index in [1.54, 1.807) is 12.4 Å². The summed E-state index contributed by atoms with van der Waals surface area (Å²) in [5.41, 5.74) is 1.20. The number of amides is 2. The molecule has 5 nitrogen and oxygen atoms in total. The molecule has 6 aliphatic rings. The minimum atomic E-state index is 0.0948. The van der Waals surface area contributed by atoms with Crippen LogP contribution in [-0.2, 0) is 0 Å². The van der Waals surface area contributed by atoms with Crippen molar-refractivity contribution in [3.05, 3.63) is 29.6 Å². The molecule has 0 bridgehead atoms. The maximum absolute atomic E-state index is 14.4. The number of likely N-dealkylation sites (tertiary alicyclic amines) is 2. The van der Waals surface area contributed by atoms with Gasteiger partial charge in [0.25, 0.3) is 11.8 Å². The average molecular weight is 490 g/mol. The first-order valence-electron chi connectivity index (χ1n) is 15.3. The molecule has 1 aromatic heterocycles. The van der Waals surface area contributed by atoms with Crippen LogP contribution in [0.25, 0.3) is 0 Å². The van der Waals surface area contributed by atoms with Crippen LogP contribution in [0.15, 0.2) is 18.5 Å². The van der Waals surface area contributed by atoms with Crippen LogP contribution in [0, 0.1) is 23.7 Å². The smallest absolute Gasteiger partial charge is 0.256 e. The van der Waals surface area contributed by atoms with Crippen LogP contribution in [0.3, 0.4) is 0 Å². The minimum Gasteiger partial charge on any atom is -0.332 e. The van der Waals surface area contributed by atoms with E-state index in [2.05, 4.69) is 14.8 Å². The molecule has 2 aliphatic heterocycles. The molecular weight excluding hydrogens is 446 g/mol. The second kappa shape index (κ2) is 9.44. The fourth-order valence-electron chi connectivity index (χ4n) is 10.1. The summed E-state index contributed by atoms with van der Waals surface area (Å²) in [6.45, 7) is 0. The summed E-state index contributed by atoms with van der Waals surface area (Å²) < 4.78 is 0. The molecule has 6 fully saturated rings. The van der Waals surface area contributed by atoms with E-state index in [0.29, 0.717) is 59.0 Å². The quantitative estimate of drug-likeness (QED) is 0.495. The molecule has 0 N–H and O–H groups in total. The molecule has 2 saturated heterocycles. The van der Waals surface area contributed by atoms with Crippen molar-refractivity contribution in [1.29, 1.82) is 0 Å². The predicted octanol–water partition coefficient (Wildman–Crippen LogP) is 6.23. The van der Waals surface area contributed by atoms with Crippen LogP contribution < -0.4 is 0 Å². The largest absolute Gasteiger partial charge is 0.332 e. The Balaban J connectivity index is 1.22. The van der Waals surface area contributed by atoms with E-state index in [-0.39, 0.29) is 11.8 Å². The van der Waals surface area contributed by atoms with Crippen molar-refractivity contribution in [3.63, 3.8) is 0 Å². The molecule has 36 heavy (non-hydrogen) atoms. The summed E-state index contributed by atoms with van der Waals surface area (Å²) in [4.78, 5) is 37.7. The third-order valence-corrected chi connectivity index (χ3v) is 11.4. The maximum Gasteiger partial charge on any atom is 0.256 e. The van der Waals surface area contributed by atoms with E-state index in [9.17, 15) is 9.59 Å². The predicted molar refractivity (Wildman–Crippen MR) is 140 cm³/mol. The Kier molecular flexibility index (Phi) is 6.09. The fourth-order valence-corrected chi connectivity index (χ4v) is 10.1. The van der Waals surface area contributed by atoms with E-state index in [1.165, 1.54) is 77.0 Å². The number of hydrogen-bond donors (Lipinski definition) is 0. The van der Waals surface area contributed by atoms with Gasteiger partial charge in [0.1, 0.15) is 0 Å². The Bertz CT molecular complexity index is 886. The van der Waals surface area contributed by atoms with Gasteiger partial charge in [0.05, 0.1) is 11.1 Å². The van der Waals surface area contributed by atoms with Gasteiger partial charge < -0.3 is 9.80 Å². The summed E-state index contributed by atoms with van der Waals surface area (Å²) >= 11 is 0. The number of aromatic nitrogens is 1. The van der Waals surface area contributed by atoms with Crippen LogP contribution in [0.1, 0.15) is 123 Å². The summed E-state index contributed by atoms with van der Waals surface area (Å²) in [7, 11) is 0. The molecule has 3 heterocycles. The summed E-state index contributed by atoms with van der Waals surface area (Å²) in [6.07, 6.45) is 23.2. The summed E-state index contributed by atoms with van der Waals surface area (Å²) in [5.74, 6) is 2.86. The van der Waals surface area contributed by atoms with Crippen molar-refractivity contribution in [1.82, 2.24) is 14.8 Å². The summed E-state index contributed by atoms with van der Waals surface area (Å²) in [5, 5.41) is 0. The highest BCUT2D eigenvalue weighted by atomic mass is 16.2. The van der Waals surface area contributed by atoms with Crippen molar-refractivity contribution in [2.24, 2.45) is 23.7 Å². The number of pyridine rings is 1. The first-order chi connectivity index (χ1) is 17.7. The molecule has 2 amide bonds. The van der Waals surface area contributed by atoms with E-state index in [1.807, 2.05) is 6.07 Å². The Hall–Kier alpha value is -1.91. The van der Waals surface area contributed by atoms with Gasteiger partial charge >= 0.3 is 0 Å². The van der Waals surface area contributed by atoms with Gasteiger partial charge in [0, 0.05) is 36.6 Å². The molecule has 0 aromatic carbocycles. The zero-order chi connectivity index (χ0) is 24.2. The normalized spacial score (nSPS) is 39.7. The van der Waals surface area contributed by atoms with Crippen LogP contribution in [0.5, 0.6) is 0 Å². The molecule has 194 valence electrons. The molecule has 1 aromatic rings. The molecule has 8 unspecified atom stereocenters. The van der Waals surface area contributed by atoms with Gasteiger partial charge in [-0.3, -0.25) is 14.6 Å². The Morgan fingerprint density at radius 2 is 0.917 bits per heavy atom. The van der Waals surface area contributed by atoms with Crippen LogP contribution in [0.2, 0.25) is 0 Å². The van der Waals surface area contributed by atoms with E-state index >= 15 is 0 Å². The number of carbonyl (C=O) groups excluding carboxylic acids is 2. The van der Waals surface area contributed by atoms with Crippen LogP contribution in [-0.4, -0.2) is 50.8 Å². The van der Waals surface area contributed by atoms with Crippen molar-refractivity contribution in [2.45, 2.75) is 127 Å². The van der Waals surface area contributed by atoms with E-state index in [0.717, 1.165) is 25.7 Å². The number of hydrogen-bond acceptors (Lipinski definition) is 3. The molecule has 4 aliphatic carbocycles. The van der Waals surface area contributed by atoms with Crippen LogP contribution in [0.4, 0.5) is 0 Å². The molecular formula is C31H43N3O2. The Labute approximate surface area is 216 Å². The van der Waals surface area contributed by atoms with Gasteiger partial charge in [-0.15, -0.1) is 0 Å². The molecule has 4 saturated carbocycles. The Morgan fingerprint density at radius 1 is 0.556 bits per heavy atom. The lowest BCUT2D eigenvalue weighted by atomic mass is 9.73. The lowest BCUT2D eigenvalue weighted by molar-refractivity contribution is 0.0553. The van der Waals surface area contributed by atoms with Gasteiger partial charge in [-0.25, -0.2) is 0 Å². The lowest BCUT2D eigenvalue weighted by Gasteiger charge is -2.36. The second-order valence-corrected chi connectivity index (χ2v) is 12.9. The molecule has 0 radical (unpaired) electrons. The second-order valence-electron chi connectivity index (χ2n) is 12.9. The van der Waals surface area contributed by atoms with Gasteiger partial charge in [-0.1, -0.05) is 51.4 Å². The van der Waals surface area contributed by atoms with Crippen molar-refractivity contribution < 1.29 is 9.59 Å². The first kappa shape index (κ1) is 23.2. The third kappa shape index (κ3) is 3.58. The average Bonchev–Trinajstić information content (AvgIpc) is 3.45. The molecule has 7 rings (SSSR count). The number of carbonyl (C=O) groups is 2. The van der Waals surface area contributed by atoms with E-state index < -0.39 is 0 Å². The van der Waals surface area contributed by atoms with Crippen LogP contribution >= 0.6 is 0 Å². The van der Waals surface area contributed by atoms with Crippen molar-refractivity contribution >= 4 is 11.8 Å². The van der Waals surface area contributed by atoms with E-state index in [4.69, 9.17) is 0 Å². The Morgan fingerprint density at radius 3 is 1.33 bits per heavy atom. The monoisotopic (exact) mass is 489 g/mol. The van der Waals surface area contributed by atoms with Gasteiger partial charge in [0.2, 0.25) is 0 Å². The molecule has 5 heteroatoms. The highest BCUT2D eigenvalue weighted by Crippen LogP contribution is 2.51. The summed E-state index contributed by atoms with van der Waals surface area (Å²) in [6, 6.07) is 3.32. The number of fused-ring (bicyclic) bond motifs is 6. The molecule has 0 spiro atoms. The topological polar surface area (TPSA) is 53.5 Å². The zero-order valence-electron chi connectivity index (χ0n) is 21.8.